The van der Waals surface area contributed by atoms with E-state index in [1.54, 1.807) is 24.5 Å². The first-order valence-corrected chi connectivity index (χ1v) is 20.2. The number of carboxylic acids is 1. The van der Waals surface area contributed by atoms with E-state index in [4.69, 9.17) is 10.5 Å². The Labute approximate surface area is 365 Å². The molecular formula is C44H44F3N7O2RuS2. The van der Waals surface area contributed by atoms with Crippen LogP contribution in [0.1, 0.15) is 102 Å². The number of thiophene rings is 1. The summed E-state index contributed by atoms with van der Waals surface area (Å²) in [6.07, 6.45) is 16.5. The van der Waals surface area contributed by atoms with Gasteiger partial charge in [0.1, 0.15) is 5.69 Å². The molecule has 0 radical (unpaired) electrons. The molecule has 0 aromatic carbocycles. The zero-order valence-corrected chi connectivity index (χ0v) is 36.0. The number of hydrogen-bond donors (Lipinski definition) is 1. The van der Waals surface area contributed by atoms with E-state index >= 15 is 0 Å². The molecule has 15 heteroatoms. The molecule has 6 aromatic rings. The summed E-state index contributed by atoms with van der Waals surface area (Å²) in [6.45, 7) is 4.45. The van der Waals surface area contributed by atoms with Crippen molar-refractivity contribution < 1.29 is 42.6 Å². The number of hydrogen-bond acceptors (Lipinski definition) is 8. The first kappa shape index (κ1) is 48.3. The molecule has 0 saturated carbocycles. The molecule has 0 aliphatic rings. The van der Waals surface area contributed by atoms with Crippen molar-refractivity contribution in [2.75, 3.05) is 0 Å². The summed E-state index contributed by atoms with van der Waals surface area (Å²) in [6, 6.07) is 21.0. The molecule has 6 aromatic heterocycles. The van der Waals surface area contributed by atoms with Crippen LogP contribution in [-0.4, -0.2) is 41.3 Å². The Hall–Kier alpha value is -5.07. The van der Waals surface area contributed by atoms with Gasteiger partial charge in [0.05, 0.1) is 28.3 Å². The van der Waals surface area contributed by atoms with Crippen molar-refractivity contribution >= 4 is 46.8 Å². The fourth-order valence-corrected chi connectivity index (χ4v) is 6.95. The van der Waals surface area contributed by atoms with Crippen LogP contribution in [0, 0.1) is 0 Å². The minimum absolute atomic E-state index is 0. The largest absolute Gasteiger partial charge is 2.00 e. The summed E-state index contributed by atoms with van der Waals surface area (Å²) in [7, 11) is 0. The van der Waals surface area contributed by atoms with Crippen molar-refractivity contribution in [1.29, 1.82) is 0 Å². The number of carboxylic acid groups (broad SMARTS) is 1. The second-order valence-corrected chi connectivity index (χ2v) is 14.4. The second kappa shape index (κ2) is 25.4. The molecule has 0 unspecified atom stereocenters. The first-order valence-electron chi connectivity index (χ1n) is 19.0. The van der Waals surface area contributed by atoms with Gasteiger partial charge in [-0.1, -0.05) is 88.5 Å². The molecule has 59 heavy (non-hydrogen) atoms. The van der Waals surface area contributed by atoms with Gasteiger partial charge in [0, 0.05) is 34.0 Å². The van der Waals surface area contributed by atoms with Gasteiger partial charge in [-0.25, -0.2) is 9.78 Å². The molecular weight excluding hydrogens is 881 g/mol. The van der Waals surface area contributed by atoms with Crippen LogP contribution >= 0.6 is 23.6 Å². The van der Waals surface area contributed by atoms with Crippen LogP contribution in [0.5, 0.6) is 0 Å². The van der Waals surface area contributed by atoms with Gasteiger partial charge in [0.15, 0.2) is 0 Å². The molecule has 0 aliphatic carbocycles. The number of isothiocyanates is 1. The summed E-state index contributed by atoms with van der Waals surface area (Å²) in [5, 5.41) is 24.4. The molecule has 0 aliphatic heterocycles. The zero-order valence-electron chi connectivity index (χ0n) is 32.7. The first-order chi connectivity index (χ1) is 28.1. The van der Waals surface area contributed by atoms with Gasteiger partial charge < -0.3 is 20.7 Å². The fourth-order valence-electron chi connectivity index (χ4n) is 5.79. The van der Waals surface area contributed by atoms with Crippen molar-refractivity contribution in [3.63, 3.8) is 0 Å². The van der Waals surface area contributed by atoms with Crippen LogP contribution in [-0.2, 0) is 38.5 Å². The summed E-state index contributed by atoms with van der Waals surface area (Å²) in [5.74, 6) is -0.987. The Morgan fingerprint density at radius 3 is 2.08 bits per heavy atom. The van der Waals surface area contributed by atoms with Gasteiger partial charge >= 0.3 is 31.6 Å². The maximum absolute atomic E-state index is 12.9. The molecule has 0 saturated heterocycles. The van der Waals surface area contributed by atoms with Crippen molar-refractivity contribution in [3.05, 3.63) is 129 Å². The second-order valence-electron chi connectivity index (χ2n) is 13.1. The normalized spacial score (nSPS) is 10.8. The van der Waals surface area contributed by atoms with Crippen LogP contribution in [0.25, 0.3) is 51.7 Å². The summed E-state index contributed by atoms with van der Waals surface area (Å²) in [5.41, 5.74) is 4.58. The third-order valence-corrected chi connectivity index (χ3v) is 9.92. The topological polar surface area (TPSA) is 138 Å². The smallest absolute Gasteiger partial charge is 0.753 e. The molecule has 0 atom stereocenters. The Bertz CT molecular complexity index is 2260. The number of thiocarbonyl (C=S) groups is 1. The van der Waals surface area contributed by atoms with E-state index in [0.717, 1.165) is 35.9 Å². The Morgan fingerprint density at radius 2 is 1.44 bits per heavy atom. The van der Waals surface area contributed by atoms with Gasteiger partial charge in [0.2, 0.25) is 0 Å². The van der Waals surface area contributed by atoms with Crippen LogP contribution in [0.4, 0.5) is 13.2 Å². The van der Waals surface area contributed by atoms with Gasteiger partial charge in [-0.05, 0) is 104 Å². The van der Waals surface area contributed by atoms with Crippen LogP contribution in [0.3, 0.4) is 0 Å². The fraction of sp³-hybridized carbons (Fsp3) is 0.295. The molecule has 6 rings (SSSR count). The average molecular weight is 925 g/mol. The van der Waals surface area contributed by atoms with Crippen LogP contribution in [0.2, 0.25) is 0 Å². The van der Waals surface area contributed by atoms with E-state index in [-0.39, 0.29) is 30.7 Å². The van der Waals surface area contributed by atoms with Gasteiger partial charge in [-0.3, -0.25) is 15.0 Å². The molecule has 308 valence electrons. The number of aromatic nitrogens is 6. The number of alkyl halides is 3. The van der Waals surface area contributed by atoms with E-state index in [0.29, 0.717) is 17.1 Å². The third-order valence-electron chi connectivity index (χ3n) is 8.72. The van der Waals surface area contributed by atoms with E-state index in [1.807, 2.05) is 53.8 Å². The Morgan fingerprint density at radius 1 is 0.797 bits per heavy atom. The molecule has 0 spiro atoms. The van der Waals surface area contributed by atoms with Crippen molar-refractivity contribution in [2.45, 2.75) is 84.2 Å². The quantitative estimate of drug-likeness (QED) is 0.0435. The SMILES string of the molecule is CCCCCCc1cc(CCCCCC)c(/C=C/c2ccnc(-c3cc(C(F)(F)F)n[n-]3)c2)s1.O=C(O)c1ccnc(-c2cccc(-c3ccccn3)n2)c1.[N-]=C=S.[Ru+2]. The van der Waals surface area contributed by atoms with Gasteiger partial charge in [0.25, 0.3) is 0 Å². The maximum Gasteiger partial charge on any atom is 2.00 e. The van der Waals surface area contributed by atoms with Crippen LogP contribution in [0.15, 0.2) is 91.4 Å². The maximum atomic E-state index is 12.9. The number of carbonyl (C=O) groups is 1. The molecule has 0 amide bonds. The summed E-state index contributed by atoms with van der Waals surface area (Å²) >= 11 is 5.56. The van der Waals surface area contributed by atoms with E-state index in [9.17, 15) is 18.0 Å². The Balaban J connectivity index is 0.000000317. The van der Waals surface area contributed by atoms with Gasteiger partial charge in [-0.15, -0.1) is 11.3 Å². The number of aryl methyl sites for hydroxylation is 2. The number of pyridine rings is 4. The monoisotopic (exact) mass is 925 g/mol. The van der Waals surface area contributed by atoms with E-state index in [2.05, 4.69) is 68.3 Å². The molecule has 9 nitrogen and oxygen atoms in total. The minimum Gasteiger partial charge on any atom is -0.753 e. The molecule has 1 N–H and O–H groups in total. The molecule has 0 fully saturated rings. The summed E-state index contributed by atoms with van der Waals surface area (Å²) < 4.78 is 38.6. The van der Waals surface area contributed by atoms with E-state index < -0.39 is 17.8 Å². The number of unbranched alkanes of at least 4 members (excludes halogenated alkanes) is 6. The standard InChI is InChI=1S/C27H33F3N3S.C16H11N3O2.CNS.Ru/c1-3-5-7-9-11-21-18-22(12-10-8-6-4-2)34-25(21)14-13-20-15-16-31-23(17-20)24-19-26(33-32-24)27(28,29)30;20-16(21)11-7-9-18-15(10-11)14-6-3-5-13(19-14)12-4-1-2-8-17-12;2-1-3;/h13-19H,3-12H2,1-2H3;1-10H,(H,20,21);;/q-1;;-1;+2/b14-13+;;;. The zero-order chi connectivity index (χ0) is 41.8. The molecule has 0 bridgehead atoms. The Kier molecular flexibility index (Phi) is 20.8. The number of aromatic carboxylic acids is 1. The predicted molar refractivity (Wildman–Crippen MR) is 228 cm³/mol. The minimum atomic E-state index is -4.51. The number of rotatable bonds is 16. The van der Waals surface area contributed by atoms with Crippen molar-refractivity contribution in [3.8, 4) is 34.2 Å². The van der Waals surface area contributed by atoms with Crippen molar-refractivity contribution in [2.24, 2.45) is 0 Å². The summed E-state index contributed by atoms with van der Waals surface area (Å²) in [4.78, 5) is 30.8. The number of halogens is 3. The number of nitrogens with zero attached hydrogens (tertiary/aromatic N) is 7. The molecule has 6 heterocycles. The van der Waals surface area contributed by atoms with Crippen molar-refractivity contribution in [1.82, 2.24) is 30.1 Å². The van der Waals surface area contributed by atoms with Gasteiger partial charge in [-0.2, -0.15) is 18.3 Å². The third kappa shape index (κ3) is 15.9. The van der Waals surface area contributed by atoms with E-state index in [1.165, 1.54) is 90.2 Å². The average Bonchev–Trinajstić information content (AvgIpc) is 3.90. The predicted octanol–water partition coefficient (Wildman–Crippen LogP) is 12.2. The van der Waals surface area contributed by atoms with Crippen LogP contribution < -0.4 is 5.10 Å².